The summed E-state index contributed by atoms with van der Waals surface area (Å²) in [7, 11) is 0. The molecule has 2 aliphatic rings. The minimum absolute atomic E-state index is 0.0507. The molecular formula is C23H18F2N4O2. The highest BCUT2D eigenvalue weighted by Crippen LogP contribution is 2.41. The normalized spacial score (nSPS) is 17.2. The van der Waals surface area contributed by atoms with Crippen molar-refractivity contribution in [2.45, 2.75) is 25.7 Å². The standard InChI is InChI=1S/C23H18F2N4O2/c1-12-18(25)6-13(8-26-12)16-7-21-19(29-11-27-28-23(16)29)4-2-15-17(24)3-5-20-22(15)14(9-30-20)10-31-21/h3,5-8,11,14H,2,4,9-10H2,1H3/t14-/m1/s1. The van der Waals surface area contributed by atoms with Gasteiger partial charge in [-0.3, -0.25) is 9.38 Å². The highest BCUT2D eigenvalue weighted by Gasteiger charge is 2.31. The van der Waals surface area contributed by atoms with E-state index in [2.05, 4.69) is 15.2 Å². The van der Waals surface area contributed by atoms with Gasteiger partial charge in [0.1, 0.15) is 29.5 Å². The topological polar surface area (TPSA) is 61.5 Å². The van der Waals surface area contributed by atoms with Gasteiger partial charge in [-0.2, -0.15) is 0 Å². The Morgan fingerprint density at radius 3 is 2.71 bits per heavy atom. The number of pyridine rings is 2. The molecule has 5 heterocycles. The lowest BCUT2D eigenvalue weighted by Crippen LogP contribution is -2.13. The van der Waals surface area contributed by atoms with Gasteiger partial charge in [0.2, 0.25) is 0 Å². The van der Waals surface area contributed by atoms with Crippen molar-refractivity contribution in [3.05, 3.63) is 70.9 Å². The molecule has 0 spiro atoms. The third kappa shape index (κ3) is 2.78. The molecule has 6 rings (SSSR count). The Balaban J connectivity index is 1.52. The zero-order chi connectivity index (χ0) is 21.1. The fourth-order valence-corrected chi connectivity index (χ4v) is 4.53. The lowest BCUT2D eigenvalue weighted by molar-refractivity contribution is 0.246. The summed E-state index contributed by atoms with van der Waals surface area (Å²) in [6.45, 7) is 2.42. The van der Waals surface area contributed by atoms with E-state index >= 15 is 0 Å². The Kier molecular flexibility index (Phi) is 3.96. The fourth-order valence-electron chi connectivity index (χ4n) is 4.53. The van der Waals surface area contributed by atoms with Crippen molar-refractivity contribution in [3.8, 4) is 22.6 Å². The number of benzene rings is 1. The van der Waals surface area contributed by atoms with Gasteiger partial charge in [0.25, 0.3) is 0 Å². The van der Waals surface area contributed by atoms with Crippen molar-refractivity contribution in [1.82, 2.24) is 19.6 Å². The first kappa shape index (κ1) is 18.2. The molecule has 156 valence electrons. The van der Waals surface area contributed by atoms with Crippen LogP contribution in [0.4, 0.5) is 8.78 Å². The fraction of sp³-hybridized carbons (Fsp3) is 0.261. The molecule has 3 aromatic heterocycles. The first-order valence-corrected chi connectivity index (χ1v) is 10.1. The number of ether oxygens (including phenoxy) is 2. The van der Waals surface area contributed by atoms with E-state index in [1.807, 2.05) is 10.5 Å². The monoisotopic (exact) mass is 420 g/mol. The van der Waals surface area contributed by atoms with Crippen molar-refractivity contribution in [2.75, 3.05) is 13.2 Å². The maximum absolute atomic E-state index is 14.7. The van der Waals surface area contributed by atoms with Gasteiger partial charge in [-0.1, -0.05) is 0 Å². The second-order valence-corrected chi connectivity index (χ2v) is 7.94. The summed E-state index contributed by atoms with van der Waals surface area (Å²) >= 11 is 0. The molecule has 0 saturated carbocycles. The summed E-state index contributed by atoms with van der Waals surface area (Å²) in [5.74, 6) is 0.708. The van der Waals surface area contributed by atoms with Crippen LogP contribution in [0.2, 0.25) is 0 Å². The number of hydrogen-bond donors (Lipinski definition) is 0. The molecule has 4 aromatic rings. The number of hydrogen-bond acceptors (Lipinski definition) is 5. The van der Waals surface area contributed by atoms with Crippen LogP contribution in [0.25, 0.3) is 16.8 Å². The van der Waals surface area contributed by atoms with Crippen LogP contribution < -0.4 is 9.47 Å². The predicted molar refractivity (Wildman–Crippen MR) is 108 cm³/mol. The van der Waals surface area contributed by atoms with Crippen molar-refractivity contribution >= 4 is 5.65 Å². The molecular weight excluding hydrogens is 402 g/mol. The Hall–Kier alpha value is -3.55. The largest absolute Gasteiger partial charge is 0.493 e. The third-order valence-corrected chi connectivity index (χ3v) is 6.14. The van der Waals surface area contributed by atoms with E-state index in [0.717, 1.165) is 17.0 Å². The summed E-state index contributed by atoms with van der Waals surface area (Å²) in [6, 6.07) is 6.45. The van der Waals surface area contributed by atoms with Gasteiger partial charge < -0.3 is 9.47 Å². The Bertz CT molecular complexity index is 1350. The second kappa shape index (κ2) is 6.73. The zero-order valence-corrected chi connectivity index (χ0v) is 16.7. The van der Waals surface area contributed by atoms with Gasteiger partial charge in [-0.25, -0.2) is 8.78 Å². The molecule has 0 amide bonds. The Labute approximate surface area is 176 Å². The van der Waals surface area contributed by atoms with Gasteiger partial charge in [0, 0.05) is 22.9 Å². The SMILES string of the molecule is Cc1ncc(-c2cc3c(n4cnnc24)CCc2c(F)ccc4c2[C@H](CO4)CO3)cc1F. The molecule has 6 nitrogen and oxygen atoms in total. The van der Waals surface area contributed by atoms with Crippen LogP contribution >= 0.6 is 0 Å². The summed E-state index contributed by atoms with van der Waals surface area (Å²) in [6.07, 6.45) is 4.26. The molecule has 1 aromatic carbocycles. The molecule has 8 heteroatoms. The van der Waals surface area contributed by atoms with Crippen LogP contribution in [0.15, 0.2) is 36.8 Å². The summed E-state index contributed by atoms with van der Waals surface area (Å²) in [4.78, 5) is 4.14. The Morgan fingerprint density at radius 2 is 1.87 bits per heavy atom. The maximum Gasteiger partial charge on any atom is 0.169 e. The highest BCUT2D eigenvalue weighted by molar-refractivity contribution is 5.79. The van der Waals surface area contributed by atoms with Crippen molar-refractivity contribution in [3.63, 3.8) is 0 Å². The molecule has 0 saturated heterocycles. The van der Waals surface area contributed by atoms with E-state index in [1.165, 1.54) is 12.1 Å². The number of aryl methyl sites for hydroxylation is 2. The third-order valence-electron chi connectivity index (χ3n) is 6.14. The van der Waals surface area contributed by atoms with Crippen LogP contribution in [-0.2, 0) is 12.8 Å². The van der Waals surface area contributed by atoms with E-state index in [0.29, 0.717) is 59.8 Å². The number of rotatable bonds is 1. The molecule has 2 aliphatic heterocycles. The van der Waals surface area contributed by atoms with E-state index < -0.39 is 0 Å². The second-order valence-electron chi connectivity index (χ2n) is 7.94. The van der Waals surface area contributed by atoms with Gasteiger partial charge in [-0.05, 0) is 49.6 Å². The number of halogens is 2. The van der Waals surface area contributed by atoms with Gasteiger partial charge in [0.15, 0.2) is 5.65 Å². The quantitative estimate of drug-likeness (QED) is 0.465. The van der Waals surface area contributed by atoms with E-state index in [1.54, 1.807) is 25.5 Å². The zero-order valence-electron chi connectivity index (χ0n) is 16.7. The highest BCUT2D eigenvalue weighted by atomic mass is 19.1. The summed E-state index contributed by atoms with van der Waals surface area (Å²) in [5.41, 5.74) is 4.60. The van der Waals surface area contributed by atoms with E-state index in [9.17, 15) is 8.78 Å². The molecule has 0 unspecified atom stereocenters. The number of fused-ring (bicyclic) bond motifs is 3. The molecule has 0 bridgehead atoms. The lowest BCUT2D eigenvalue weighted by Gasteiger charge is -2.16. The minimum Gasteiger partial charge on any atom is -0.493 e. The molecule has 31 heavy (non-hydrogen) atoms. The average Bonchev–Trinajstić information content (AvgIpc) is 3.41. The molecule has 0 N–H and O–H groups in total. The Morgan fingerprint density at radius 1 is 1.03 bits per heavy atom. The first-order chi connectivity index (χ1) is 15.1. The smallest absolute Gasteiger partial charge is 0.169 e. The number of aromatic nitrogens is 4. The van der Waals surface area contributed by atoms with E-state index in [-0.39, 0.29) is 17.6 Å². The summed E-state index contributed by atoms with van der Waals surface area (Å²) in [5, 5.41) is 8.31. The van der Waals surface area contributed by atoms with Crippen molar-refractivity contribution in [1.29, 1.82) is 0 Å². The summed E-state index contributed by atoms with van der Waals surface area (Å²) < 4.78 is 42.8. The van der Waals surface area contributed by atoms with Crippen LogP contribution in [-0.4, -0.2) is 32.8 Å². The molecule has 0 aliphatic carbocycles. The lowest BCUT2D eigenvalue weighted by atomic mass is 9.93. The van der Waals surface area contributed by atoms with Gasteiger partial charge >= 0.3 is 0 Å². The average molecular weight is 420 g/mol. The van der Waals surface area contributed by atoms with Crippen LogP contribution in [0.1, 0.15) is 28.4 Å². The van der Waals surface area contributed by atoms with Crippen LogP contribution in [0.5, 0.6) is 11.5 Å². The van der Waals surface area contributed by atoms with Crippen molar-refractivity contribution < 1.29 is 18.3 Å². The molecule has 0 radical (unpaired) electrons. The first-order valence-electron chi connectivity index (χ1n) is 10.1. The minimum atomic E-state index is -0.388. The van der Waals surface area contributed by atoms with Crippen LogP contribution in [0, 0.1) is 18.6 Å². The van der Waals surface area contributed by atoms with E-state index in [4.69, 9.17) is 9.47 Å². The van der Waals surface area contributed by atoms with Crippen molar-refractivity contribution in [2.24, 2.45) is 0 Å². The van der Waals surface area contributed by atoms with Gasteiger partial charge in [0.05, 0.1) is 30.5 Å². The van der Waals surface area contributed by atoms with Crippen LogP contribution in [0.3, 0.4) is 0 Å². The number of nitrogens with zero attached hydrogens (tertiary/aromatic N) is 4. The maximum atomic E-state index is 14.7. The molecule has 1 atom stereocenters. The molecule has 0 fully saturated rings. The van der Waals surface area contributed by atoms with Gasteiger partial charge in [-0.15, -0.1) is 10.2 Å². The predicted octanol–water partition coefficient (Wildman–Crippen LogP) is 4.03.